The second kappa shape index (κ2) is 4.55. The Labute approximate surface area is 108 Å². The number of benzene rings is 1. The lowest BCUT2D eigenvalue weighted by molar-refractivity contribution is -0.671. The fourth-order valence-electron chi connectivity index (χ4n) is 1.52. The van der Waals surface area contributed by atoms with Gasteiger partial charge >= 0.3 is 5.63 Å². The molecule has 0 atom stereocenters. The molecule has 1 aromatic heterocycles. The molecule has 2 rings (SSSR count). The lowest BCUT2D eigenvalue weighted by atomic mass is 10.1. The van der Waals surface area contributed by atoms with E-state index in [1.807, 2.05) is 12.1 Å². The molecule has 0 amide bonds. The standard InChI is InChI=1S/C10H8Br2N2O2/c1-2-6-3-7(11)4-8(12)10(6)14-5-9(15)16-13-14/h3-5H,2H2,1H3/p+1. The van der Waals surface area contributed by atoms with E-state index in [-0.39, 0.29) is 0 Å². The molecule has 0 fully saturated rings. The largest absolute Gasteiger partial charge is 0.427 e. The number of nitrogens with zero attached hydrogens (tertiary/aromatic N) is 1. The van der Waals surface area contributed by atoms with Crippen molar-refractivity contribution in [2.45, 2.75) is 13.3 Å². The van der Waals surface area contributed by atoms with E-state index in [2.05, 4.69) is 48.6 Å². The topological polar surface area (TPSA) is 49.9 Å². The van der Waals surface area contributed by atoms with Gasteiger partial charge in [-0.15, -0.1) is 0 Å². The molecule has 0 spiro atoms. The molecule has 0 radical (unpaired) electrons. The molecule has 0 aliphatic heterocycles. The van der Waals surface area contributed by atoms with Crippen LogP contribution in [-0.4, -0.2) is 5.27 Å². The summed E-state index contributed by atoms with van der Waals surface area (Å²) >= 11 is 6.90. The van der Waals surface area contributed by atoms with Crippen molar-refractivity contribution in [2.24, 2.45) is 0 Å². The fraction of sp³-hybridized carbons (Fsp3) is 0.200. The molecule has 1 N–H and O–H groups in total. The molecule has 0 saturated carbocycles. The smallest absolute Gasteiger partial charge is 0.283 e. The summed E-state index contributed by atoms with van der Waals surface area (Å²) in [6.45, 7) is 2.05. The lowest BCUT2D eigenvalue weighted by Gasteiger charge is -2.02. The molecule has 6 heteroatoms. The molecule has 0 aliphatic carbocycles. The van der Waals surface area contributed by atoms with Gasteiger partial charge < -0.3 is 0 Å². The number of aromatic nitrogens is 2. The Morgan fingerprint density at radius 1 is 1.44 bits per heavy atom. The molecular formula is C10H9Br2N2O2+. The van der Waals surface area contributed by atoms with Crippen LogP contribution >= 0.6 is 31.9 Å². The highest BCUT2D eigenvalue weighted by molar-refractivity contribution is 9.11. The molecule has 1 aromatic carbocycles. The zero-order chi connectivity index (χ0) is 11.7. The van der Waals surface area contributed by atoms with Gasteiger partial charge in [-0.1, -0.05) is 22.9 Å². The van der Waals surface area contributed by atoms with Crippen LogP contribution in [0, 0.1) is 0 Å². The molecule has 84 valence electrons. The maximum absolute atomic E-state index is 11.0. The number of hydrogen-bond acceptors (Lipinski definition) is 2. The Morgan fingerprint density at radius 2 is 2.19 bits per heavy atom. The van der Waals surface area contributed by atoms with E-state index in [1.165, 1.54) is 6.20 Å². The van der Waals surface area contributed by atoms with Crippen LogP contribution < -0.4 is 10.3 Å². The average molecular weight is 349 g/mol. The van der Waals surface area contributed by atoms with Crippen LogP contribution in [0.25, 0.3) is 5.69 Å². The molecule has 2 aromatic rings. The van der Waals surface area contributed by atoms with Gasteiger partial charge in [0.25, 0.3) is 11.9 Å². The minimum atomic E-state index is -0.406. The zero-order valence-electron chi connectivity index (χ0n) is 8.46. The molecule has 0 aliphatic rings. The van der Waals surface area contributed by atoms with E-state index in [1.54, 1.807) is 4.68 Å². The normalized spacial score (nSPS) is 10.7. The van der Waals surface area contributed by atoms with Crippen LogP contribution in [0.3, 0.4) is 0 Å². The van der Waals surface area contributed by atoms with Crippen molar-refractivity contribution in [1.29, 1.82) is 0 Å². The van der Waals surface area contributed by atoms with Crippen LogP contribution in [0.2, 0.25) is 0 Å². The predicted molar refractivity (Wildman–Crippen MR) is 65.6 cm³/mol. The summed E-state index contributed by atoms with van der Waals surface area (Å²) in [6.07, 6.45) is 2.22. The van der Waals surface area contributed by atoms with E-state index in [4.69, 9.17) is 0 Å². The second-order valence-corrected chi connectivity index (χ2v) is 5.03. The summed E-state index contributed by atoms with van der Waals surface area (Å²) in [5.41, 5.74) is 1.58. The van der Waals surface area contributed by atoms with E-state index in [0.29, 0.717) is 0 Å². The minimum absolute atomic E-state index is 0.406. The Morgan fingerprint density at radius 3 is 2.75 bits per heavy atom. The van der Waals surface area contributed by atoms with Crippen molar-refractivity contribution in [3.8, 4) is 5.69 Å². The lowest BCUT2D eigenvalue weighted by Crippen LogP contribution is -2.34. The Hall–Kier alpha value is -0.880. The highest BCUT2D eigenvalue weighted by atomic mass is 79.9. The molecule has 0 bridgehead atoms. The quantitative estimate of drug-likeness (QED) is 0.847. The maximum Gasteiger partial charge on any atom is 0.427 e. The van der Waals surface area contributed by atoms with Crippen LogP contribution in [-0.2, 0) is 6.42 Å². The third kappa shape index (κ3) is 2.12. The van der Waals surface area contributed by atoms with Crippen molar-refractivity contribution in [1.82, 2.24) is 5.27 Å². The van der Waals surface area contributed by atoms with E-state index < -0.39 is 5.63 Å². The summed E-state index contributed by atoms with van der Waals surface area (Å²) in [5, 5.41) is 2.54. The molecular weight excluding hydrogens is 340 g/mol. The van der Waals surface area contributed by atoms with Gasteiger partial charge in [0.05, 0.1) is 4.47 Å². The Kier molecular flexibility index (Phi) is 3.30. The Balaban J connectivity index is 2.68. The highest BCUT2D eigenvalue weighted by Crippen LogP contribution is 2.26. The van der Waals surface area contributed by atoms with Crippen LogP contribution in [0.4, 0.5) is 0 Å². The number of nitrogens with one attached hydrogen (secondary N) is 1. The van der Waals surface area contributed by atoms with Crippen molar-refractivity contribution < 1.29 is 9.20 Å². The van der Waals surface area contributed by atoms with Crippen LogP contribution in [0.1, 0.15) is 12.5 Å². The zero-order valence-corrected chi connectivity index (χ0v) is 11.6. The van der Waals surface area contributed by atoms with Crippen molar-refractivity contribution in [3.05, 3.63) is 43.3 Å². The molecule has 16 heavy (non-hydrogen) atoms. The average Bonchev–Trinajstić information content (AvgIpc) is 2.63. The number of hydrogen-bond donors (Lipinski definition) is 1. The van der Waals surface area contributed by atoms with Gasteiger partial charge in [0.2, 0.25) is 0 Å². The minimum Gasteiger partial charge on any atom is -0.283 e. The van der Waals surface area contributed by atoms with Crippen LogP contribution in [0.15, 0.2) is 36.6 Å². The molecule has 4 nitrogen and oxygen atoms in total. The monoisotopic (exact) mass is 347 g/mol. The molecule has 0 unspecified atom stereocenters. The number of aromatic amines is 1. The Bertz CT molecular complexity index is 574. The van der Waals surface area contributed by atoms with E-state index >= 15 is 0 Å². The van der Waals surface area contributed by atoms with Crippen molar-refractivity contribution >= 4 is 31.9 Å². The first-order valence-electron chi connectivity index (χ1n) is 4.70. The van der Waals surface area contributed by atoms with Gasteiger partial charge in [-0.3, -0.25) is 4.52 Å². The number of rotatable bonds is 2. The van der Waals surface area contributed by atoms with Gasteiger partial charge in [-0.25, -0.2) is 4.79 Å². The fourth-order valence-corrected chi connectivity index (χ4v) is 3.03. The van der Waals surface area contributed by atoms with Gasteiger partial charge in [0.1, 0.15) is 0 Å². The van der Waals surface area contributed by atoms with E-state index in [0.717, 1.165) is 26.6 Å². The third-order valence-electron chi connectivity index (χ3n) is 2.21. The summed E-state index contributed by atoms with van der Waals surface area (Å²) < 4.78 is 8.10. The second-order valence-electron chi connectivity index (χ2n) is 3.26. The first-order valence-corrected chi connectivity index (χ1v) is 6.29. The van der Waals surface area contributed by atoms with Crippen molar-refractivity contribution in [2.75, 3.05) is 0 Å². The molecule has 1 heterocycles. The van der Waals surface area contributed by atoms with Gasteiger partial charge in [-0.2, -0.15) is 0 Å². The number of H-pyrrole nitrogens is 1. The van der Waals surface area contributed by atoms with E-state index in [9.17, 15) is 4.79 Å². The summed E-state index contributed by atoms with van der Waals surface area (Å²) in [7, 11) is 0. The SMILES string of the molecule is CCc1cc(Br)cc(Br)c1-[n+]1cc(=O)o[nH]1. The van der Waals surface area contributed by atoms with Crippen molar-refractivity contribution in [3.63, 3.8) is 0 Å². The summed E-state index contributed by atoms with van der Waals surface area (Å²) in [6, 6.07) is 3.94. The van der Waals surface area contributed by atoms with Gasteiger partial charge in [0.15, 0.2) is 0 Å². The molecule has 0 saturated heterocycles. The predicted octanol–water partition coefficient (Wildman–Crippen LogP) is 2.33. The number of halogens is 2. The van der Waals surface area contributed by atoms with Gasteiger partial charge in [-0.05, 0) is 44.4 Å². The van der Waals surface area contributed by atoms with Gasteiger partial charge in [0, 0.05) is 10.0 Å². The maximum atomic E-state index is 11.0. The summed E-state index contributed by atoms with van der Waals surface area (Å²) in [4.78, 5) is 11.0. The van der Waals surface area contributed by atoms with Crippen LogP contribution in [0.5, 0.6) is 0 Å². The first-order chi connectivity index (χ1) is 7.61. The number of aryl methyl sites for hydroxylation is 1. The third-order valence-corrected chi connectivity index (χ3v) is 3.27. The first kappa shape index (κ1) is 11.6. The summed E-state index contributed by atoms with van der Waals surface area (Å²) in [5.74, 6) is 0. The highest BCUT2D eigenvalue weighted by Gasteiger charge is 2.20.